The SMILES string of the molecule is CCNc1nc(Nc2cc(C#N)cc(N3CC[C@@H](NC(=O)OC)[C@H](OC(=O)[C@@H](N)CCCN)C3)c2Cl)nn2c(C#N)cnc12.Cl. The van der Waals surface area contributed by atoms with Crippen molar-refractivity contribution in [1.82, 2.24) is 24.9 Å². The lowest BCUT2D eigenvalue weighted by molar-refractivity contribution is -0.152. The number of nitrogens with two attached hydrogens (primary N) is 2. The van der Waals surface area contributed by atoms with E-state index in [1.54, 1.807) is 12.1 Å². The zero-order chi connectivity index (χ0) is 31.8. The van der Waals surface area contributed by atoms with Crippen LogP contribution in [0.5, 0.6) is 0 Å². The molecule has 2 aromatic heterocycles. The first-order valence-corrected chi connectivity index (χ1v) is 14.3. The Bertz CT molecular complexity index is 1610. The molecule has 3 atom stereocenters. The molecule has 45 heavy (non-hydrogen) atoms. The molecule has 0 spiro atoms. The van der Waals surface area contributed by atoms with Crippen LogP contribution in [-0.4, -0.2) is 83.1 Å². The van der Waals surface area contributed by atoms with Gasteiger partial charge in [0.2, 0.25) is 5.95 Å². The van der Waals surface area contributed by atoms with Gasteiger partial charge in [-0.15, -0.1) is 17.5 Å². The molecule has 240 valence electrons. The minimum atomic E-state index is -0.879. The number of imidazole rings is 1. The van der Waals surface area contributed by atoms with E-state index >= 15 is 0 Å². The molecule has 16 nitrogen and oxygen atoms in total. The number of nitriles is 2. The number of anilines is 4. The Labute approximate surface area is 270 Å². The molecule has 0 saturated carbocycles. The molecule has 7 N–H and O–H groups in total. The molecular weight excluding hydrogens is 627 g/mol. The average molecular weight is 662 g/mol. The van der Waals surface area contributed by atoms with Crippen LogP contribution in [0, 0.1) is 22.7 Å². The van der Waals surface area contributed by atoms with Crippen molar-refractivity contribution in [1.29, 1.82) is 10.5 Å². The van der Waals surface area contributed by atoms with Gasteiger partial charge >= 0.3 is 12.1 Å². The van der Waals surface area contributed by atoms with Gasteiger partial charge in [0, 0.05) is 13.1 Å². The summed E-state index contributed by atoms with van der Waals surface area (Å²) in [6.45, 7) is 3.34. The lowest BCUT2D eigenvalue weighted by atomic mass is 10.00. The topological polar surface area (TPSA) is 235 Å². The largest absolute Gasteiger partial charge is 0.457 e. The molecule has 1 aliphatic heterocycles. The fraction of sp³-hybridized carbons (Fsp3) is 0.444. The Morgan fingerprint density at radius 1 is 1.29 bits per heavy atom. The number of rotatable bonds is 11. The third-order valence-corrected chi connectivity index (χ3v) is 7.33. The van der Waals surface area contributed by atoms with Crippen LogP contribution in [-0.2, 0) is 14.3 Å². The van der Waals surface area contributed by atoms with Gasteiger partial charge in [-0.2, -0.15) is 20.0 Å². The summed E-state index contributed by atoms with van der Waals surface area (Å²) in [4.78, 5) is 35.4. The number of hydrogen-bond acceptors (Lipinski definition) is 14. The number of hydrogen-bond donors (Lipinski definition) is 5. The van der Waals surface area contributed by atoms with Crippen LogP contribution >= 0.6 is 24.0 Å². The molecule has 0 aliphatic carbocycles. The monoisotopic (exact) mass is 660 g/mol. The highest BCUT2D eigenvalue weighted by Crippen LogP contribution is 2.37. The van der Waals surface area contributed by atoms with Gasteiger partial charge in [0.15, 0.2) is 17.2 Å². The first-order valence-electron chi connectivity index (χ1n) is 13.9. The van der Waals surface area contributed by atoms with Crippen LogP contribution in [0.4, 0.5) is 27.9 Å². The molecule has 18 heteroatoms. The Morgan fingerprint density at radius 3 is 2.73 bits per heavy atom. The molecular formula is C27H34Cl2N12O4. The number of ether oxygens (including phenoxy) is 2. The molecule has 1 aromatic carbocycles. The van der Waals surface area contributed by atoms with Crippen LogP contribution < -0.4 is 32.3 Å². The van der Waals surface area contributed by atoms with Crippen molar-refractivity contribution in [2.24, 2.45) is 11.5 Å². The Kier molecular flexibility index (Phi) is 12.3. The highest BCUT2D eigenvalue weighted by molar-refractivity contribution is 6.36. The summed E-state index contributed by atoms with van der Waals surface area (Å²) < 4.78 is 11.9. The number of fused-ring (bicyclic) bond motifs is 1. The first-order chi connectivity index (χ1) is 21.2. The second-order valence-corrected chi connectivity index (χ2v) is 10.3. The smallest absolute Gasteiger partial charge is 0.407 e. The Hall–Kier alpha value is -4.61. The molecule has 0 bridgehead atoms. The Balaban J connectivity index is 0.00000552. The van der Waals surface area contributed by atoms with E-state index in [2.05, 4.69) is 37.1 Å². The lowest BCUT2D eigenvalue weighted by Gasteiger charge is -2.40. The second kappa shape index (κ2) is 15.9. The van der Waals surface area contributed by atoms with Crippen LogP contribution in [0.2, 0.25) is 5.02 Å². The molecule has 0 unspecified atom stereocenters. The van der Waals surface area contributed by atoms with Crippen LogP contribution in [0.3, 0.4) is 0 Å². The van der Waals surface area contributed by atoms with Gasteiger partial charge in [-0.3, -0.25) is 4.79 Å². The zero-order valence-corrected chi connectivity index (χ0v) is 26.2. The number of aromatic nitrogens is 4. The molecule has 3 heterocycles. The van der Waals surface area contributed by atoms with E-state index in [4.69, 9.17) is 32.5 Å². The third-order valence-electron chi connectivity index (χ3n) is 6.93. The van der Waals surface area contributed by atoms with E-state index in [0.717, 1.165) is 0 Å². The van der Waals surface area contributed by atoms with E-state index in [-0.39, 0.29) is 41.2 Å². The number of carbonyl (C=O) groups is 2. The fourth-order valence-electron chi connectivity index (χ4n) is 4.73. The molecule has 0 radical (unpaired) electrons. The molecule has 4 rings (SSSR count). The molecule has 1 fully saturated rings. The van der Waals surface area contributed by atoms with E-state index in [1.165, 1.54) is 17.8 Å². The summed E-state index contributed by atoms with van der Waals surface area (Å²) in [5.41, 5.74) is 13.2. The fourth-order valence-corrected chi connectivity index (χ4v) is 5.01. The van der Waals surface area contributed by atoms with Crippen molar-refractivity contribution in [3.63, 3.8) is 0 Å². The summed E-state index contributed by atoms with van der Waals surface area (Å²) in [5.74, 6) is -0.125. The molecule has 1 aliphatic rings. The second-order valence-electron chi connectivity index (χ2n) is 9.89. The predicted molar refractivity (Wildman–Crippen MR) is 169 cm³/mol. The van der Waals surface area contributed by atoms with Gasteiger partial charge in [-0.1, -0.05) is 11.6 Å². The minimum Gasteiger partial charge on any atom is -0.457 e. The van der Waals surface area contributed by atoms with Crippen LogP contribution in [0.15, 0.2) is 18.3 Å². The lowest BCUT2D eigenvalue weighted by Crippen LogP contribution is -2.56. The van der Waals surface area contributed by atoms with E-state index in [0.29, 0.717) is 61.7 Å². The maximum atomic E-state index is 12.8. The Morgan fingerprint density at radius 2 is 2.07 bits per heavy atom. The number of esters is 1. The van der Waals surface area contributed by atoms with Crippen LogP contribution in [0.25, 0.3) is 5.65 Å². The molecule has 3 aromatic rings. The van der Waals surface area contributed by atoms with Gasteiger partial charge in [0.1, 0.15) is 18.2 Å². The van der Waals surface area contributed by atoms with Crippen LogP contribution in [0.1, 0.15) is 37.4 Å². The number of halogens is 2. The predicted octanol–water partition coefficient (Wildman–Crippen LogP) is 2.03. The van der Waals surface area contributed by atoms with Gasteiger partial charge in [-0.25, -0.2) is 9.78 Å². The summed E-state index contributed by atoms with van der Waals surface area (Å²) in [6, 6.07) is 5.90. The molecule has 1 saturated heterocycles. The maximum Gasteiger partial charge on any atom is 0.407 e. The minimum absolute atomic E-state index is 0. The van der Waals surface area contributed by atoms with Crippen molar-refractivity contribution in [3.8, 4) is 12.1 Å². The first kappa shape index (κ1) is 34.9. The zero-order valence-electron chi connectivity index (χ0n) is 24.6. The van der Waals surface area contributed by atoms with Crippen molar-refractivity contribution < 1.29 is 19.1 Å². The average Bonchev–Trinajstić information content (AvgIpc) is 3.45. The number of carbonyl (C=O) groups excluding carboxylic acids is 2. The van der Waals surface area contributed by atoms with Crippen molar-refractivity contribution in [3.05, 3.63) is 34.6 Å². The number of nitrogens with one attached hydrogen (secondary N) is 3. The van der Waals surface area contributed by atoms with Crippen molar-refractivity contribution in [2.45, 2.75) is 44.4 Å². The number of methoxy groups -OCH3 is 1. The summed E-state index contributed by atoms with van der Waals surface area (Å²) in [6.07, 6.45) is 1.18. The normalized spacial score (nSPS) is 16.5. The quantitative estimate of drug-likeness (QED) is 0.185. The van der Waals surface area contributed by atoms with E-state index in [9.17, 15) is 20.1 Å². The maximum absolute atomic E-state index is 12.8. The summed E-state index contributed by atoms with van der Waals surface area (Å²) >= 11 is 6.90. The third kappa shape index (κ3) is 8.11. The van der Waals surface area contributed by atoms with Gasteiger partial charge in [-0.05, 0) is 44.9 Å². The standard InChI is InChI=1S/C27H33ClN12O4.ClH/c1-3-33-23-24-34-13-16(12-31)40(24)38-26(37-23)35-19-9-15(11-30)10-20(22(19)28)39-8-6-18(36-27(42)43-2)21(14-39)44-25(41)17(32)5-4-7-29;/h9-10,13,17-18,21H,3-8,14,29,32H2,1-2H3,(H,36,42)(H2,33,35,37,38);1H/t17-,18+,21+;/m0./s1. The highest BCUT2D eigenvalue weighted by Gasteiger charge is 2.35. The number of nitrogens with zero attached hydrogens (tertiary/aromatic N) is 7. The summed E-state index contributed by atoms with van der Waals surface area (Å²) in [5, 5.41) is 32.8. The highest BCUT2D eigenvalue weighted by atomic mass is 35.5. The number of amides is 1. The van der Waals surface area contributed by atoms with Gasteiger partial charge in [0.05, 0.1) is 53.9 Å². The van der Waals surface area contributed by atoms with Gasteiger partial charge < -0.3 is 41.8 Å². The molecule has 1 amide bonds. The summed E-state index contributed by atoms with van der Waals surface area (Å²) in [7, 11) is 1.24. The van der Waals surface area contributed by atoms with Crippen molar-refractivity contribution >= 4 is 64.9 Å². The number of alkyl carbamates (subject to hydrolysis) is 1. The van der Waals surface area contributed by atoms with Gasteiger partial charge in [0.25, 0.3) is 0 Å². The number of benzene rings is 1. The number of piperidine rings is 1. The van der Waals surface area contributed by atoms with E-state index in [1.807, 2.05) is 17.9 Å². The van der Waals surface area contributed by atoms with E-state index < -0.39 is 30.3 Å². The van der Waals surface area contributed by atoms with Crippen molar-refractivity contribution in [2.75, 3.05) is 48.8 Å².